The maximum atomic E-state index is 5.54. The van der Waals surface area contributed by atoms with Gasteiger partial charge in [0.2, 0.25) is 0 Å². The van der Waals surface area contributed by atoms with Crippen molar-refractivity contribution in [3.05, 3.63) is 35.4 Å². The van der Waals surface area contributed by atoms with Gasteiger partial charge >= 0.3 is 0 Å². The van der Waals surface area contributed by atoms with Crippen LogP contribution in [0.3, 0.4) is 0 Å². The zero-order chi connectivity index (χ0) is 9.36. The molecule has 1 aliphatic rings. The van der Waals surface area contributed by atoms with Crippen molar-refractivity contribution in [2.75, 3.05) is 26.3 Å². The lowest BCUT2D eigenvalue weighted by Crippen LogP contribution is -2.30. The second-order valence-electron chi connectivity index (χ2n) is 2.66. The van der Waals surface area contributed by atoms with E-state index in [2.05, 4.69) is 5.32 Å². The van der Waals surface area contributed by atoms with Crippen LogP contribution in [0.1, 0.15) is 0 Å². The van der Waals surface area contributed by atoms with Crippen LogP contribution in [-0.2, 0) is 4.74 Å². The van der Waals surface area contributed by atoms with Gasteiger partial charge in [-0.15, -0.1) is 0 Å². The van der Waals surface area contributed by atoms with Gasteiger partial charge in [0.1, 0.15) is 0 Å². The average molecular weight is 200 g/mol. The van der Waals surface area contributed by atoms with Crippen LogP contribution >= 0.6 is 11.6 Å². The molecule has 1 aromatic carbocycles. The summed E-state index contributed by atoms with van der Waals surface area (Å²) >= 11 is 5.54. The number of hydrogen-bond acceptors (Lipinski definition) is 2. The van der Waals surface area contributed by atoms with Gasteiger partial charge in [0.15, 0.2) is 0 Å². The van der Waals surface area contributed by atoms with Gasteiger partial charge in [0.25, 0.3) is 0 Å². The van der Waals surface area contributed by atoms with Crippen LogP contribution in [0, 0.1) is 0 Å². The van der Waals surface area contributed by atoms with E-state index in [1.165, 1.54) is 0 Å². The molecule has 1 saturated heterocycles. The predicted octanol–water partition coefficient (Wildman–Crippen LogP) is 1.95. The molecule has 1 heterocycles. The lowest BCUT2D eigenvalue weighted by molar-refractivity contribution is 0.109. The molecular formula is C10H14ClNO. The van der Waals surface area contributed by atoms with Gasteiger partial charge in [0, 0.05) is 18.1 Å². The molecule has 0 saturated carbocycles. The second-order valence-corrected chi connectivity index (χ2v) is 3.09. The average Bonchev–Trinajstić information content (AvgIpc) is 2.22. The molecule has 2 rings (SSSR count). The molecule has 72 valence electrons. The summed E-state index contributed by atoms with van der Waals surface area (Å²) in [6, 6.07) is 9.44. The quantitative estimate of drug-likeness (QED) is 0.690. The maximum absolute atomic E-state index is 5.54. The van der Waals surface area contributed by atoms with Crippen molar-refractivity contribution in [1.82, 2.24) is 5.32 Å². The minimum absolute atomic E-state index is 0.794. The highest BCUT2D eigenvalue weighted by Crippen LogP contribution is 2.03. The van der Waals surface area contributed by atoms with Crippen LogP contribution in [0.15, 0.2) is 30.3 Å². The topological polar surface area (TPSA) is 21.3 Å². The fourth-order valence-corrected chi connectivity index (χ4v) is 1.08. The van der Waals surface area contributed by atoms with Crippen molar-refractivity contribution in [2.45, 2.75) is 0 Å². The van der Waals surface area contributed by atoms with Crippen LogP contribution in [0.2, 0.25) is 5.02 Å². The van der Waals surface area contributed by atoms with Gasteiger partial charge in [-0.05, 0) is 12.1 Å². The number of benzene rings is 1. The molecule has 2 nitrogen and oxygen atoms in total. The van der Waals surface area contributed by atoms with E-state index in [9.17, 15) is 0 Å². The van der Waals surface area contributed by atoms with E-state index >= 15 is 0 Å². The minimum Gasteiger partial charge on any atom is -0.379 e. The first-order chi connectivity index (χ1) is 6.39. The fourth-order valence-electron chi connectivity index (χ4n) is 0.930. The molecular weight excluding hydrogens is 186 g/mol. The smallest absolute Gasteiger partial charge is 0.0591 e. The van der Waals surface area contributed by atoms with E-state index in [1.807, 2.05) is 30.3 Å². The normalized spacial score (nSPS) is 15.8. The summed E-state index contributed by atoms with van der Waals surface area (Å²) in [5.41, 5.74) is 0. The molecule has 1 aliphatic heterocycles. The zero-order valence-corrected chi connectivity index (χ0v) is 8.26. The highest BCUT2D eigenvalue weighted by molar-refractivity contribution is 6.30. The molecule has 1 fully saturated rings. The van der Waals surface area contributed by atoms with Crippen LogP contribution in [0.25, 0.3) is 0 Å². The minimum atomic E-state index is 0.794. The molecule has 3 heteroatoms. The Morgan fingerprint density at radius 3 is 1.92 bits per heavy atom. The molecule has 1 N–H and O–H groups in total. The van der Waals surface area contributed by atoms with Crippen molar-refractivity contribution in [3.63, 3.8) is 0 Å². The molecule has 13 heavy (non-hydrogen) atoms. The predicted molar refractivity (Wildman–Crippen MR) is 55.1 cm³/mol. The Morgan fingerprint density at radius 1 is 1.08 bits per heavy atom. The summed E-state index contributed by atoms with van der Waals surface area (Å²) in [6.45, 7) is 3.83. The van der Waals surface area contributed by atoms with E-state index in [0.29, 0.717) is 0 Å². The fraction of sp³-hybridized carbons (Fsp3) is 0.400. The summed E-state index contributed by atoms with van der Waals surface area (Å²) in [4.78, 5) is 0. The van der Waals surface area contributed by atoms with Crippen molar-refractivity contribution < 1.29 is 4.74 Å². The number of morpholine rings is 1. The molecule has 1 aromatic rings. The van der Waals surface area contributed by atoms with Crippen molar-refractivity contribution in [2.24, 2.45) is 0 Å². The first-order valence-corrected chi connectivity index (χ1v) is 4.76. The highest BCUT2D eigenvalue weighted by atomic mass is 35.5. The van der Waals surface area contributed by atoms with Gasteiger partial charge in [0.05, 0.1) is 13.2 Å². The standard InChI is InChI=1S/C6H5Cl.C4H9NO/c7-6-4-2-1-3-5-6;1-3-6-4-2-5-1/h1-5H;5H,1-4H2. The zero-order valence-electron chi connectivity index (χ0n) is 7.50. The van der Waals surface area contributed by atoms with Crippen LogP contribution < -0.4 is 5.32 Å². The van der Waals surface area contributed by atoms with Gasteiger partial charge < -0.3 is 10.1 Å². The highest BCUT2D eigenvalue weighted by Gasteiger charge is 1.92. The number of halogens is 1. The molecule has 0 bridgehead atoms. The first-order valence-electron chi connectivity index (χ1n) is 4.38. The molecule has 0 amide bonds. The molecule has 0 radical (unpaired) electrons. The van der Waals surface area contributed by atoms with Crippen molar-refractivity contribution in [3.8, 4) is 0 Å². The Bertz CT molecular complexity index is 200. The lowest BCUT2D eigenvalue weighted by atomic mass is 10.4. The van der Waals surface area contributed by atoms with Crippen LogP contribution in [0.4, 0.5) is 0 Å². The molecule has 0 unspecified atom stereocenters. The number of nitrogens with one attached hydrogen (secondary N) is 1. The summed E-state index contributed by atoms with van der Waals surface area (Å²) in [5, 5.41) is 3.95. The maximum Gasteiger partial charge on any atom is 0.0591 e. The van der Waals surface area contributed by atoms with Gasteiger partial charge in [-0.25, -0.2) is 0 Å². The van der Waals surface area contributed by atoms with Crippen LogP contribution in [0.5, 0.6) is 0 Å². The Morgan fingerprint density at radius 2 is 1.69 bits per heavy atom. The summed E-state index contributed by atoms with van der Waals surface area (Å²) in [6.07, 6.45) is 0. The van der Waals surface area contributed by atoms with Gasteiger partial charge in [-0.1, -0.05) is 29.8 Å². The SMILES string of the molecule is C1COCCN1.Clc1ccccc1. The van der Waals surface area contributed by atoms with E-state index < -0.39 is 0 Å². The third kappa shape index (κ3) is 5.64. The number of rotatable bonds is 0. The van der Waals surface area contributed by atoms with E-state index in [4.69, 9.17) is 16.3 Å². The molecule has 0 atom stereocenters. The second kappa shape index (κ2) is 6.89. The Labute approximate surface area is 83.9 Å². The molecule has 0 spiro atoms. The summed E-state index contributed by atoms with van der Waals surface area (Å²) < 4.78 is 5.01. The Hall–Kier alpha value is -0.570. The first kappa shape index (κ1) is 10.5. The van der Waals surface area contributed by atoms with Gasteiger partial charge in [-0.2, -0.15) is 0 Å². The Balaban J connectivity index is 0.000000132. The third-order valence-corrected chi connectivity index (χ3v) is 1.83. The van der Waals surface area contributed by atoms with E-state index in [1.54, 1.807) is 0 Å². The summed E-state index contributed by atoms with van der Waals surface area (Å²) in [7, 11) is 0. The van der Waals surface area contributed by atoms with Crippen LogP contribution in [-0.4, -0.2) is 26.3 Å². The number of ether oxygens (including phenoxy) is 1. The lowest BCUT2D eigenvalue weighted by Gasteiger charge is -2.10. The Kier molecular flexibility index (Phi) is 5.57. The summed E-state index contributed by atoms with van der Waals surface area (Å²) in [5.74, 6) is 0. The third-order valence-electron chi connectivity index (χ3n) is 1.58. The van der Waals surface area contributed by atoms with Crippen molar-refractivity contribution >= 4 is 11.6 Å². The monoisotopic (exact) mass is 199 g/mol. The van der Waals surface area contributed by atoms with Crippen molar-refractivity contribution in [1.29, 1.82) is 0 Å². The van der Waals surface area contributed by atoms with Gasteiger partial charge in [-0.3, -0.25) is 0 Å². The molecule has 0 aliphatic carbocycles. The largest absolute Gasteiger partial charge is 0.379 e. The number of hydrogen-bond donors (Lipinski definition) is 1. The molecule has 0 aromatic heterocycles. The van der Waals surface area contributed by atoms with E-state index in [0.717, 1.165) is 31.3 Å². The van der Waals surface area contributed by atoms with E-state index in [-0.39, 0.29) is 0 Å².